The summed E-state index contributed by atoms with van der Waals surface area (Å²) in [5.74, 6) is 0.749. The lowest BCUT2D eigenvalue weighted by Crippen LogP contribution is -2.23. The van der Waals surface area contributed by atoms with Crippen molar-refractivity contribution < 1.29 is 4.74 Å². The smallest absolute Gasteiger partial charge is 0.144 e. The summed E-state index contributed by atoms with van der Waals surface area (Å²) in [4.78, 5) is 10.5. The molecule has 1 heterocycles. The van der Waals surface area contributed by atoms with E-state index in [9.17, 15) is 0 Å². The molecule has 1 aromatic heterocycles. The molecule has 0 aliphatic carbocycles. The van der Waals surface area contributed by atoms with Gasteiger partial charge < -0.3 is 4.74 Å². The second-order valence-electron chi connectivity index (χ2n) is 3.48. The lowest BCUT2D eigenvalue weighted by atomic mass is 10.4. The van der Waals surface area contributed by atoms with Crippen molar-refractivity contribution in [3.05, 3.63) is 22.7 Å². The van der Waals surface area contributed by atoms with Crippen molar-refractivity contribution in [2.24, 2.45) is 0 Å². The molecule has 84 valence electrons. The molecule has 0 N–H and O–H groups in total. The molecule has 0 fully saturated rings. The first-order chi connectivity index (χ1) is 7.11. The summed E-state index contributed by atoms with van der Waals surface area (Å²) in [5.41, 5.74) is 0.894. The van der Waals surface area contributed by atoms with Crippen LogP contribution in [-0.4, -0.2) is 42.2 Å². The minimum Gasteiger partial charge on any atom is -0.383 e. The Bertz CT molecular complexity index is 299. The molecule has 1 rings (SSSR count). The highest BCUT2D eigenvalue weighted by molar-refractivity contribution is 6.29. The van der Waals surface area contributed by atoms with Crippen LogP contribution in [0.15, 0.2) is 6.07 Å². The molecule has 4 nitrogen and oxygen atoms in total. The summed E-state index contributed by atoms with van der Waals surface area (Å²) in [6.45, 7) is 4.15. The van der Waals surface area contributed by atoms with E-state index in [0.29, 0.717) is 18.3 Å². The van der Waals surface area contributed by atoms with Gasteiger partial charge in [0.15, 0.2) is 0 Å². The van der Waals surface area contributed by atoms with E-state index in [0.717, 1.165) is 18.1 Å². The van der Waals surface area contributed by atoms with Crippen LogP contribution in [0.1, 0.15) is 11.5 Å². The number of ether oxygens (including phenoxy) is 1. The SMILES string of the molecule is COCCN(C)Cc1nc(C)cc(Cl)n1. The largest absolute Gasteiger partial charge is 0.383 e. The maximum Gasteiger partial charge on any atom is 0.144 e. The van der Waals surface area contributed by atoms with Crippen molar-refractivity contribution in [3.63, 3.8) is 0 Å². The molecule has 1 aromatic rings. The first-order valence-corrected chi connectivity index (χ1v) is 5.17. The number of hydrogen-bond donors (Lipinski definition) is 0. The monoisotopic (exact) mass is 229 g/mol. The van der Waals surface area contributed by atoms with Gasteiger partial charge in [0.2, 0.25) is 0 Å². The zero-order valence-electron chi connectivity index (χ0n) is 9.33. The predicted octanol–water partition coefficient (Wildman–Crippen LogP) is 1.52. The number of nitrogens with zero attached hydrogens (tertiary/aromatic N) is 3. The summed E-state index contributed by atoms with van der Waals surface area (Å²) in [6, 6.07) is 1.75. The standard InChI is InChI=1S/C10H16ClN3O/c1-8-6-9(11)13-10(12-8)7-14(2)4-5-15-3/h6H,4-5,7H2,1-3H3. The van der Waals surface area contributed by atoms with E-state index in [1.807, 2.05) is 14.0 Å². The maximum absolute atomic E-state index is 5.84. The molecule has 0 bridgehead atoms. The number of rotatable bonds is 5. The third-order valence-corrected chi connectivity index (χ3v) is 2.15. The average molecular weight is 230 g/mol. The van der Waals surface area contributed by atoms with Gasteiger partial charge in [-0.25, -0.2) is 9.97 Å². The third kappa shape index (κ3) is 4.55. The quantitative estimate of drug-likeness (QED) is 0.718. The zero-order valence-corrected chi connectivity index (χ0v) is 10.1. The van der Waals surface area contributed by atoms with E-state index in [1.165, 1.54) is 0 Å². The van der Waals surface area contributed by atoms with Gasteiger partial charge in [-0.2, -0.15) is 0 Å². The van der Waals surface area contributed by atoms with Crippen LogP contribution in [0.2, 0.25) is 5.15 Å². The van der Waals surface area contributed by atoms with Gasteiger partial charge in [-0.15, -0.1) is 0 Å². The van der Waals surface area contributed by atoms with Crippen molar-refractivity contribution in [1.82, 2.24) is 14.9 Å². The topological polar surface area (TPSA) is 38.2 Å². The number of hydrogen-bond acceptors (Lipinski definition) is 4. The fraction of sp³-hybridized carbons (Fsp3) is 0.600. The van der Waals surface area contributed by atoms with Gasteiger partial charge in [0.05, 0.1) is 13.2 Å². The van der Waals surface area contributed by atoms with E-state index >= 15 is 0 Å². The second-order valence-corrected chi connectivity index (χ2v) is 3.87. The van der Waals surface area contributed by atoms with Gasteiger partial charge in [0, 0.05) is 19.3 Å². The Morgan fingerprint density at radius 2 is 2.20 bits per heavy atom. The first-order valence-electron chi connectivity index (χ1n) is 4.79. The molecule has 0 aliphatic heterocycles. The number of halogens is 1. The highest BCUT2D eigenvalue weighted by Gasteiger charge is 2.04. The van der Waals surface area contributed by atoms with Crippen LogP contribution < -0.4 is 0 Å². The molecule has 15 heavy (non-hydrogen) atoms. The van der Waals surface area contributed by atoms with Gasteiger partial charge in [-0.1, -0.05) is 11.6 Å². The van der Waals surface area contributed by atoms with Gasteiger partial charge in [-0.05, 0) is 20.0 Å². The van der Waals surface area contributed by atoms with Crippen LogP contribution in [0.4, 0.5) is 0 Å². The van der Waals surface area contributed by atoms with Crippen molar-refractivity contribution >= 4 is 11.6 Å². The third-order valence-electron chi connectivity index (χ3n) is 1.96. The fourth-order valence-corrected chi connectivity index (χ4v) is 1.48. The van der Waals surface area contributed by atoms with E-state index in [-0.39, 0.29) is 0 Å². The highest BCUT2D eigenvalue weighted by atomic mass is 35.5. The average Bonchev–Trinajstić information content (AvgIpc) is 2.13. The molecule has 0 atom stereocenters. The number of likely N-dealkylation sites (N-methyl/N-ethyl adjacent to an activating group) is 1. The summed E-state index contributed by atoms with van der Waals surface area (Å²) in [5, 5.41) is 0.498. The van der Waals surface area contributed by atoms with Gasteiger partial charge in [-0.3, -0.25) is 4.90 Å². The Balaban J connectivity index is 2.56. The second kappa shape index (κ2) is 6.00. The molecule has 0 saturated heterocycles. The lowest BCUT2D eigenvalue weighted by molar-refractivity contribution is 0.157. The Hall–Kier alpha value is -0.710. The van der Waals surface area contributed by atoms with E-state index in [4.69, 9.17) is 16.3 Å². The van der Waals surface area contributed by atoms with Gasteiger partial charge >= 0.3 is 0 Å². The van der Waals surface area contributed by atoms with Crippen molar-refractivity contribution in [1.29, 1.82) is 0 Å². The van der Waals surface area contributed by atoms with Crippen LogP contribution in [-0.2, 0) is 11.3 Å². The molecule has 0 amide bonds. The van der Waals surface area contributed by atoms with E-state index in [2.05, 4.69) is 14.9 Å². The minimum atomic E-state index is 0.498. The van der Waals surface area contributed by atoms with E-state index in [1.54, 1.807) is 13.2 Å². The fourth-order valence-electron chi connectivity index (χ4n) is 1.23. The molecule has 0 radical (unpaired) electrons. The summed E-state index contributed by atoms with van der Waals surface area (Å²) >= 11 is 5.84. The summed E-state index contributed by atoms with van der Waals surface area (Å²) < 4.78 is 4.99. The Morgan fingerprint density at radius 3 is 2.80 bits per heavy atom. The molecule has 0 aromatic carbocycles. The lowest BCUT2D eigenvalue weighted by Gasteiger charge is -2.14. The number of aryl methyl sites for hydroxylation is 1. The number of methoxy groups -OCH3 is 1. The maximum atomic E-state index is 5.84. The molecule has 0 spiro atoms. The van der Waals surface area contributed by atoms with Crippen molar-refractivity contribution in [3.8, 4) is 0 Å². The predicted molar refractivity (Wildman–Crippen MR) is 60.0 cm³/mol. The van der Waals surface area contributed by atoms with Crippen LogP contribution >= 0.6 is 11.6 Å². The Kier molecular flexibility index (Phi) is 4.94. The van der Waals surface area contributed by atoms with Gasteiger partial charge in [0.1, 0.15) is 11.0 Å². The van der Waals surface area contributed by atoms with Crippen LogP contribution in [0.5, 0.6) is 0 Å². The first kappa shape index (κ1) is 12.4. The van der Waals surface area contributed by atoms with Gasteiger partial charge in [0.25, 0.3) is 0 Å². The van der Waals surface area contributed by atoms with E-state index < -0.39 is 0 Å². The van der Waals surface area contributed by atoms with Crippen LogP contribution in [0.3, 0.4) is 0 Å². The number of aromatic nitrogens is 2. The zero-order chi connectivity index (χ0) is 11.3. The molecule has 0 unspecified atom stereocenters. The normalized spacial score (nSPS) is 11.0. The Labute approximate surface area is 95.2 Å². The molecule has 0 aliphatic rings. The molecular formula is C10H16ClN3O. The van der Waals surface area contributed by atoms with Crippen LogP contribution in [0, 0.1) is 6.92 Å². The van der Waals surface area contributed by atoms with Crippen LogP contribution in [0.25, 0.3) is 0 Å². The Morgan fingerprint density at radius 1 is 1.47 bits per heavy atom. The molecule has 5 heteroatoms. The highest BCUT2D eigenvalue weighted by Crippen LogP contribution is 2.07. The van der Waals surface area contributed by atoms with Crippen molar-refractivity contribution in [2.75, 3.05) is 27.3 Å². The molecular weight excluding hydrogens is 214 g/mol. The minimum absolute atomic E-state index is 0.498. The summed E-state index contributed by atoms with van der Waals surface area (Å²) in [7, 11) is 3.69. The van der Waals surface area contributed by atoms with Crippen molar-refractivity contribution in [2.45, 2.75) is 13.5 Å². The molecule has 0 saturated carbocycles. The summed E-state index contributed by atoms with van der Waals surface area (Å²) in [6.07, 6.45) is 0.